The van der Waals surface area contributed by atoms with Gasteiger partial charge in [-0.1, -0.05) is 0 Å². The van der Waals surface area contributed by atoms with E-state index in [0.717, 1.165) is 56.2 Å². The first-order chi connectivity index (χ1) is 9.81. The third kappa shape index (κ3) is 4.14. The van der Waals surface area contributed by atoms with Crippen LogP contribution in [0.1, 0.15) is 56.7 Å². The van der Waals surface area contributed by atoms with E-state index in [1.807, 2.05) is 0 Å². The molecule has 3 N–H and O–H groups in total. The number of rotatable bonds is 7. The first-order valence-electron chi connectivity index (χ1n) is 7.76. The zero-order valence-corrected chi connectivity index (χ0v) is 12.7. The van der Waals surface area contributed by atoms with E-state index < -0.39 is 0 Å². The molecule has 0 aliphatic heterocycles. The van der Waals surface area contributed by atoms with Crippen molar-refractivity contribution in [3.8, 4) is 0 Å². The van der Waals surface area contributed by atoms with Gasteiger partial charge in [-0.2, -0.15) is 4.37 Å². The highest BCUT2D eigenvalue weighted by molar-refractivity contribution is 7.09. The van der Waals surface area contributed by atoms with Crippen LogP contribution in [0.5, 0.6) is 0 Å². The zero-order valence-electron chi connectivity index (χ0n) is 11.9. The third-order valence-corrected chi connectivity index (χ3v) is 4.74. The molecule has 20 heavy (non-hydrogen) atoms. The number of aromatic nitrogens is 2. The van der Waals surface area contributed by atoms with Gasteiger partial charge in [0.1, 0.15) is 5.82 Å². The van der Waals surface area contributed by atoms with Crippen LogP contribution in [0.15, 0.2) is 0 Å². The maximum atomic E-state index is 5.89. The molecule has 2 aliphatic rings. The number of nitrogens with zero attached hydrogens (tertiary/aromatic N) is 2. The molecule has 2 fully saturated rings. The highest BCUT2D eigenvalue weighted by Gasteiger charge is 2.27. The van der Waals surface area contributed by atoms with E-state index in [9.17, 15) is 0 Å². The van der Waals surface area contributed by atoms with Crippen LogP contribution in [0.2, 0.25) is 0 Å². The predicted molar refractivity (Wildman–Crippen MR) is 81.2 cm³/mol. The fourth-order valence-electron chi connectivity index (χ4n) is 2.59. The van der Waals surface area contributed by atoms with Crippen LogP contribution in [0.25, 0.3) is 0 Å². The van der Waals surface area contributed by atoms with Crippen LogP contribution in [0.3, 0.4) is 0 Å². The molecule has 0 spiro atoms. The lowest BCUT2D eigenvalue weighted by atomic mass is 9.94. The number of hydrogen-bond donors (Lipinski definition) is 2. The second-order valence-corrected chi connectivity index (χ2v) is 6.67. The van der Waals surface area contributed by atoms with Crippen molar-refractivity contribution in [1.82, 2.24) is 9.36 Å². The highest BCUT2D eigenvalue weighted by atomic mass is 32.1. The van der Waals surface area contributed by atoms with Gasteiger partial charge in [-0.25, -0.2) is 4.98 Å². The molecule has 3 rings (SSSR count). The molecule has 0 unspecified atom stereocenters. The van der Waals surface area contributed by atoms with Crippen molar-refractivity contribution in [3.05, 3.63) is 5.82 Å². The first-order valence-corrected chi connectivity index (χ1v) is 8.53. The Kier molecular flexibility index (Phi) is 4.86. The van der Waals surface area contributed by atoms with E-state index in [1.54, 1.807) is 0 Å². The molecule has 0 saturated heterocycles. The summed E-state index contributed by atoms with van der Waals surface area (Å²) in [6.07, 6.45) is 8.42. The summed E-state index contributed by atoms with van der Waals surface area (Å²) < 4.78 is 10.3. The fourth-order valence-corrected chi connectivity index (χ4v) is 3.26. The number of nitrogens with one attached hydrogen (secondary N) is 1. The normalized spacial score (nSPS) is 26.6. The van der Waals surface area contributed by atoms with Gasteiger partial charge in [-0.15, -0.1) is 0 Å². The van der Waals surface area contributed by atoms with Crippen molar-refractivity contribution in [1.29, 1.82) is 0 Å². The lowest BCUT2D eigenvalue weighted by Gasteiger charge is -2.26. The summed E-state index contributed by atoms with van der Waals surface area (Å²) in [5, 5.41) is 4.29. The molecule has 0 aromatic carbocycles. The Morgan fingerprint density at radius 1 is 1.20 bits per heavy atom. The fraction of sp³-hybridized carbons (Fsp3) is 0.857. The van der Waals surface area contributed by atoms with Gasteiger partial charge in [0.25, 0.3) is 0 Å². The molecule has 6 heteroatoms. The third-order valence-electron chi connectivity index (χ3n) is 4.05. The topological polar surface area (TPSA) is 73.1 Å². The monoisotopic (exact) mass is 296 g/mol. The molecule has 0 bridgehead atoms. The molecule has 0 atom stereocenters. The van der Waals surface area contributed by atoms with Crippen molar-refractivity contribution in [2.75, 3.05) is 18.5 Å². The van der Waals surface area contributed by atoms with E-state index in [1.165, 1.54) is 24.4 Å². The molecular weight excluding hydrogens is 272 g/mol. The summed E-state index contributed by atoms with van der Waals surface area (Å²) in [4.78, 5) is 4.51. The standard InChI is InChI=1S/C14H24N4OS/c15-11-4-6-12(7-5-11)19-9-1-8-16-14-17-13(18-20-14)10-2-3-10/h10-12H,1-9,15H2,(H,16,17,18). The van der Waals surface area contributed by atoms with Crippen LogP contribution in [0, 0.1) is 0 Å². The van der Waals surface area contributed by atoms with Gasteiger partial charge in [0, 0.05) is 36.6 Å². The molecule has 1 aromatic rings. The highest BCUT2D eigenvalue weighted by Crippen LogP contribution is 2.39. The summed E-state index contributed by atoms with van der Waals surface area (Å²) in [5.74, 6) is 1.68. The molecule has 0 amide bonds. The maximum absolute atomic E-state index is 5.89. The Bertz CT molecular complexity index is 413. The first kappa shape index (κ1) is 14.2. The molecule has 2 aliphatic carbocycles. The number of hydrogen-bond acceptors (Lipinski definition) is 6. The predicted octanol–water partition coefficient (Wildman–Crippen LogP) is 2.50. The van der Waals surface area contributed by atoms with Gasteiger partial charge in [0.05, 0.1) is 6.10 Å². The second-order valence-electron chi connectivity index (χ2n) is 5.92. The molecule has 2 saturated carbocycles. The smallest absolute Gasteiger partial charge is 0.202 e. The van der Waals surface area contributed by atoms with Crippen LogP contribution >= 0.6 is 11.5 Å². The number of ether oxygens (including phenoxy) is 1. The number of nitrogens with two attached hydrogens (primary N) is 1. The van der Waals surface area contributed by atoms with Crippen molar-refractivity contribution in [3.63, 3.8) is 0 Å². The molecule has 1 heterocycles. The number of anilines is 1. The van der Waals surface area contributed by atoms with Crippen LogP contribution < -0.4 is 11.1 Å². The van der Waals surface area contributed by atoms with E-state index in [2.05, 4.69) is 14.7 Å². The van der Waals surface area contributed by atoms with Gasteiger partial charge >= 0.3 is 0 Å². The zero-order chi connectivity index (χ0) is 13.8. The van der Waals surface area contributed by atoms with Crippen molar-refractivity contribution < 1.29 is 4.74 Å². The summed E-state index contributed by atoms with van der Waals surface area (Å²) in [6, 6.07) is 0.398. The van der Waals surface area contributed by atoms with Crippen LogP contribution in [-0.4, -0.2) is 34.7 Å². The second kappa shape index (κ2) is 6.83. The molecule has 112 valence electrons. The minimum absolute atomic E-state index is 0.398. The Hall–Kier alpha value is -0.720. The Morgan fingerprint density at radius 2 is 2.00 bits per heavy atom. The average molecular weight is 296 g/mol. The molecule has 0 radical (unpaired) electrons. The van der Waals surface area contributed by atoms with Crippen LogP contribution in [-0.2, 0) is 4.74 Å². The van der Waals surface area contributed by atoms with Crippen LogP contribution in [0.4, 0.5) is 5.13 Å². The van der Waals surface area contributed by atoms with Gasteiger partial charge in [-0.05, 0) is 44.9 Å². The molecule has 1 aromatic heterocycles. The SMILES string of the molecule is NC1CCC(OCCCNc2nc(C3CC3)ns2)CC1. The van der Waals surface area contributed by atoms with Gasteiger partial charge in [-0.3, -0.25) is 0 Å². The van der Waals surface area contributed by atoms with Gasteiger partial charge in [0.2, 0.25) is 5.13 Å². The van der Waals surface area contributed by atoms with Gasteiger partial charge < -0.3 is 15.8 Å². The van der Waals surface area contributed by atoms with E-state index in [-0.39, 0.29) is 0 Å². The lowest BCUT2D eigenvalue weighted by molar-refractivity contribution is 0.0251. The van der Waals surface area contributed by atoms with Crippen molar-refractivity contribution in [2.45, 2.75) is 63.0 Å². The minimum Gasteiger partial charge on any atom is -0.378 e. The minimum atomic E-state index is 0.398. The summed E-state index contributed by atoms with van der Waals surface area (Å²) in [6.45, 7) is 1.73. The average Bonchev–Trinajstić information content (AvgIpc) is 3.20. The summed E-state index contributed by atoms with van der Waals surface area (Å²) in [5.41, 5.74) is 5.89. The van der Waals surface area contributed by atoms with E-state index in [0.29, 0.717) is 18.1 Å². The Labute approximate surface area is 124 Å². The largest absolute Gasteiger partial charge is 0.378 e. The maximum Gasteiger partial charge on any atom is 0.202 e. The van der Waals surface area contributed by atoms with E-state index >= 15 is 0 Å². The quantitative estimate of drug-likeness (QED) is 0.756. The molecular formula is C14H24N4OS. The Morgan fingerprint density at radius 3 is 2.75 bits per heavy atom. The Balaban J connectivity index is 1.26. The van der Waals surface area contributed by atoms with Gasteiger partial charge in [0.15, 0.2) is 0 Å². The van der Waals surface area contributed by atoms with E-state index in [4.69, 9.17) is 10.5 Å². The van der Waals surface area contributed by atoms with Crippen molar-refractivity contribution >= 4 is 16.7 Å². The molecule has 5 nitrogen and oxygen atoms in total. The lowest BCUT2D eigenvalue weighted by Crippen LogP contribution is -2.30. The summed E-state index contributed by atoms with van der Waals surface area (Å²) >= 11 is 1.48. The summed E-state index contributed by atoms with van der Waals surface area (Å²) in [7, 11) is 0. The van der Waals surface area contributed by atoms with Crippen molar-refractivity contribution in [2.24, 2.45) is 5.73 Å².